The molecule has 0 amide bonds. The molecule has 0 heterocycles. The van der Waals surface area contributed by atoms with Crippen LogP contribution in [-0.4, -0.2) is 21.5 Å². The molecule has 0 radical (unpaired) electrons. The molecule has 17 heavy (non-hydrogen) atoms. The molecule has 0 fully saturated rings. The van der Waals surface area contributed by atoms with Crippen molar-refractivity contribution in [1.82, 2.24) is 4.72 Å². The lowest BCUT2D eigenvalue weighted by Crippen LogP contribution is -2.25. The van der Waals surface area contributed by atoms with Gasteiger partial charge in [0.25, 0.3) is 0 Å². The summed E-state index contributed by atoms with van der Waals surface area (Å²) in [6.45, 7) is 0.475. The third-order valence-corrected chi connectivity index (χ3v) is 3.59. The van der Waals surface area contributed by atoms with Gasteiger partial charge in [0.2, 0.25) is 10.0 Å². The van der Waals surface area contributed by atoms with Gasteiger partial charge in [0, 0.05) is 23.0 Å². The Morgan fingerprint density at radius 2 is 2.24 bits per heavy atom. The van der Waals surface area contributed by atoms with Crippen molar-refractivity contribution >= 4 is 21.6 Å². The van der Waals surface area contributed by atoms with Gasteiger partial charge in [0.15, 0.2) is 0 Å². The predicted octanol–water partition coefficient (Wildman–Crippen LogP) is 2.32. The maximum atomic E-state index is 11.7. The summed E-state index contributed by atoms with van der Waals surface area (Å²) >= 11 is 5.71. The molecule has 0 bridgehead atoms. The second kappa shape index (κ2) is 6.46. The topological polar surface area (TPSA) is 94.9 Å². The van der Waals surface area contributed by atoms with Gasteiger partial charge in [-0.05, 0) is 30.2 Å². The van der Waals surface area contributed by atoms with Gasteiger partial charge in [0.05, 0.1) is 4.90 Å². The van der Waals surface area contributed by atoms with Crippen LogP contribution in [0.5, 0.6) is 0 Å². The van der Waals surface area contributed by atoms with Crippen LogP contribution in [0.4, 0.5) is 0 Å². The summed E-state index contributed by atoms with van der Waals surface area (Å²) in [4.78, 5) is 2.69. The smallest absolute Gasteiger partial charge is 0.211 e. The van der Waals surface area contributed by atoms with E-state index >= 15 is 0 Å². The molecular formula is C9H11ClN4O2S. The van der Waals surface area contributed by atoms with E-state index in [1.54, 1.807) is 12.1 Å². The van der Waals surface area contributed by atoms with Gasteiger partial charge in [-0.2, -0.15) is 0 Å². The summed E-state index contributed by atoms with van der Waals surface area (Å²) in [5.41, 5.74) is 8.04. The molecule has 0 saturated heterocycles. The fourth-order valence-corrected chi connectivity index (χ4v) is 2.49. The van der Waals surface area contributed by atoms with Crippen molar-refractivity contribution in [2.75, 3.05) is 13.1 Å². The fraction of sp³-hybridized carbons (Fsp3) is 0.333. The van der Waals surface area contributed by atoms with Crippen LogP contribution < -0.4 is 4.72 Å². The third-order valence-electron chi connectivity index (χ3n) is 1.90. The van der Waals surface area contributed by atoms with Crippen LogP contribution in [0.3, 0.4) is 0 Å². The van der Waals surface area contributed by atoms with Crippen molar-refractivity contribution in [1.29, 1.82) is 0 Å². The van der Waals surface area contributed by atoms with Gasteiger partial charge >= 0.3 is 0 Å². The van der Waals surface area contributed by atoms with Gasteiger partial charge in [-0.15, -0.1) is 0 Å². The molecule has 1 aromatic rings. The Kier molecular flexibility index (Phi) is 5.24. The number of rotatable bonds is 6. The molecule has 0 aliphatic carbocycles. The zero-order valence-electron chi connectivity index (χ0n) is 8.88. The quantitative estimate of drug-likeness (QED) is 0.373. The maximum absolute atomic E-state index is 11.7. The number of nitrogens with zero attached hydrogens (tertiary/aromatic N) is 3. The molecule has 92 valence electrons. The number of azide groups is 1. The highest BCUT2D eigenvalue weighted by atomic mass is 35.5. The Bertz CT molecular complexity index is 526. The van der Waals surface area contributed by atoms with Crippen LogP contribution in [0.25, 0.3) is 10.4 Å². The first-order valence-electron chi connectivity index (χ1n) is 4.82. The standard InChI is InChI=1S/C9H11ClN4O2S/c10-8-3-1-4-9(7-8)17(15,16)13-6-2-5-12-14-11/h1,3-4,7,13H,2,5-6H2. The largest absolute Gasteiger partial charge is 0.240 e. The Morgan fingerprint density at radius 3 is 2.88 bits per heavy atom. The molecule has 8 heteroatoms. The number of hydrogen-bond acceptors (Lipinski definition) is 3. The highest BCUT2D eigenvalue weighted by Crippen LogP contribution is 2.14. The van der Waals surface area contributed by atoms with Crippen LogP contribution in [0, 0.1) is 0 Å². The molecular weight excluding hydrogens is 264 g/mol. The SMILES string of the molecule is [N-]=[N+]=NCCCNS(=O)(=O)c1cccc(Cl)c1. The number of benzene rings is 1. The highest BCUT2D eigenvalue weighted by Gasteiger charge is 2.12. The van der Waals surface area contributed by atoms with E-state index in [-0.39, 0.29) is 18.0 Å². The van der Waals surface area contributed by atoms with Gasteiger partial charge < -0.3 is 0 Å². The summed E-state index contributed by atoms with van der Waals surface area (Å²) < 4.78 is 25.9. The van der Waals surface area contributed by atoms with E-state index in [9.17, 15) is 8.42 Å². The van der Waals surface area contributed by atoms with Crippen LogP contribution in [0.2, 0.25) is 5.02 Å². The van der Waals surface area contributed by atoms with E-state index in [0.29, 0.717) is 11.4 Å². The van der Waals surface area contributed by atoms with E-state index in [0.717, 1.165) is 0 Å². The lowest BCUT2D eigenvalue weighted by molar-refractivity contribution is 0.579. The van der Waals surface area contributed by atoms with Gasteiger partial charge in [-0.1, -0.05) is 22.8 Å². The van der Waals surface area contributed by atoms with E-state index in [1.807, 2.05) is 0 Å². The van der Waals surface area contributed by atoms with Crippen molar-refractivity contribution < 1.29 is 8.42 Å². The first kappa shape index (κ1) is 13.8. The molecule has 0 unspecified atom stereocenters. The molecule has 0 aliphatic rings. The lowest BCUT2D eigenvalue weighted by atomic mass is 10.4. The monoisotopic (exact) mass is 274 g/mol. The summed E-state index contributed by atoms with van der Waals surface area (Å²) in [6.07, 6.45) is 0.448. The molecule has 0 atom stereocenters. The van der Waals surface area contributed by atoms with E-state index < -0.39 is 10.0 Å². The Labute approximate surface area is 104 Å². The average Bonchev–Trinajstić information content (AvgIpc) is 2.29. The molecule has 1 aromatic carbocycles. The summed E-state index contributed by atoms with van der Waals surface area (Å²) in [7, 11) is -3.54. The molecule has 1 rings (SSSR count). The van der Waals surface area contributed by atoms with Crippen molar-refractivity contribution in [3.05, 3.63) is 39.7 Å². The van der Waals surface area contributed by atoms with Gasteiger partial charge in [-0.25, -0.2) is 13.1 Å². The van der Waals surface area contributed by atoms with Crippen molar-refractivity contribution in [2.45, 2.75) is 11.3 Å². The van der Waals surface area contributed by atoms with Gasteiger partial charge in [-0.3, -0.25) is 0 Å². The first-order valence-corrected chi connectivity index (χ1v) is 6.68. The Balaban J connectivity index is 2.60. The summed E-state index contributed by atoms with van der Waals surface area (Å²) in [6, 6.07) is 6.00. The third kappa shape index (κ3) is 4.62. The number of hydrogen-bond donors (Lipinski definition) is 1. The zero-order valence-corrected chi connectivity index (χ0v) is 10.4. The molecule has 6 nitrogen and oxygen atoms in total. The van der Waals surface area contributed by atoms with E-state index in [2.05, 4.69) is 14.7 Å². The number of sulfonamides is 1. The predicted molar refractivity (Wildman–Crippen MR) is 65.3 cm³/mol. The van der Waals surface area contributed by atoms with Crippen LogP contribution in [0.15, 0.2) is 34.3 Å². The molecule has 0 aliphatic heterocycles. The van der Waals surface area contributed by atoms with Crippen molar-refractivity contribution in [2.24, 2.45) is 5.11 Å². The Hall–Kier alpha value is -1.27. The minimum Gasteiger partial charge on any atom is -0.211 e. The Morgan fingerprint density at radius 1 is 1.47 bits per heavy atom. The minimum atomic E-state index is -3.54. The van der Waals surface area contributed by atoms with Crippen LogP contribution in [-0.2, 0) is 10.0 Å². The fourth-order valence-electron chi connectivity index (χ4n) is 1.12. The molecule has 0 aromatic heterocycles. The zero-order chi connectivity index (χ0) is 12.7. The highest BCUT2D eigenvalue weighted by molar-refractivity contribution is 7.89. The minimum absolute atomic E-state index is 0.119. The second-order valence-electron chi connectivity index (χ2n) is 3.16. The van der Waals surface area contributed by atoms with Gasteiger partial charge in [0.1, 0.15) is 0 Å². The van der Waals surface area contributed by atoms with Crippen LogP contribution in [0.1, 0.15) is 6.42 Å². The normalized spacial score (nSPS) is 10.9. The first-order chi connectivity index (χ1) is 8.06. The summed E-state index contributed by atoms with van der Waals surface area (Å²) in [5.74, 6) is 0. The number of nitrogens with one attached hydrogen (secondary N) is 1. The second-order valence-corrected chi connectivity index (χ2v) is 5.37. The average molecular weight is 275 g/mol. The number of halogens is 1. The summed E-state index contributed by atoms with van der Waals surface area (Å²) in [5, 5.41) is 3.67. The van der Waals surface area contributed by atoms with Crippen molar-refractivity contribution in [3.63, 3.8) is 0 Å². The molecule has 1 N–H and O–H groups in total. The van der Waals surface area contributed by atoms with Crippen LogP contribution >= 0.6 is 11.6 Å². The molecule has 0 spiro atoms. The van der Waals surface area contributed by atoms with E-state index in [1.165, 1.54) is 12.1 Å². The lowest BCUT2D eigenvalue weighted by Gasteiger charge is -2.05. The maximum Gasteiger partial charge on any atom is 0.240 e. The van der Waals surface area contributed by atoms with E-state index in [4.69, 9.17) is 17.1 Å². The molecule has 0 saturated carbocycles. The van der Waals surface area contributed by atoms with Crippen molar-refractivity contribution in [3.8, 4) is 0 Å².